The number of aliphatic hydroxyl groups excluding tert-OH is 1. The number of hydrogen-bond donors (Lipinski definition) is 1. The first-order valence-corrected chi connectivity index (χ1v) is 6.20. The van der Waals surface area contributed by atoms with Crippen LogP contribution in [0.3, 0.4) is 0 Å². The van der Waals surface area contributed by atoms with Crippen LogP contribution in [0.25, 0.3) is 0 Å². The fraction of sp³-hybridized carbons (Fsp3) is 0.429. The maximum Gasteiger partial charge on any atom is 0.231 e. The zero-order chi connectivity index (χ0) is 12.4. The number of fused-ring (bicyclic) bond motifs is 1. The smallest absolute Gasteiger partial charge is 0.231 e. The first-order valence-electron chi connectivity index (χ1n) is 6.20. The van der Waals surface area contributed by atoms with Crippen LogP contribution >= 0.6 is 0 Å². The largest absolute Gasteiger partial charge is 0.454 e. The van der Waals surface area contributed by atoms with Gasteiger partial charge >= 0.3 is 0 Å². The summed E-state index contributed by atoms with van der Waals surface area (Å²) in [5, 5.41) is 9.36. The van der Waals surface area contributed by atoms with E-state index in [0.29, 0.717) is 6.79 Å². The molecule has 4 heteroatoms. The van der Waals surface area contributed by atoms with Crippen molar-refractivity contribution in [1.82, 2.24) is 0 Å². The normalized spacial score (nSPS) is 25.4. The van der Waals surface area contributed by atoms with Crippen molar-refractivity contribution in [2.24, 2.45) is 0 Å². The average molecular weight is 248 g/mol. The summed E-state index contributed by atoms with van der Waals surface area (Å²) in [5.41, 5.74) is 1.20. The van der Waals surface area contributed by atoms with Gasteiger partial charge in [-0.3, -0.25) is 0 Å². The third-order valence-electron chi connectivity index (χ3n) is 3.22. The Bertz CT molecular complexity index is 455. The Morgan fingerprint density at radius 3 is 3.00 bits per heavy atom. The molecule has 0 aliphatic carbocycles. The van der Waals surface area contributed by atoms with Gasteiger partial charge in [0.05, 0.1) is 6.10 Å². The average Bonchev–Trinajstić information content (AvgIpc) is 2.84. The van der Waals surface area contributed by atoms with Gasteiger partial charge in [-0.05, 0) is 43.0 Å². The molecule has 0 spiro atoms. The molecule has 0 amide bonds. The van der Waals surface area contributed by atoms with Crippen LogP contribution in [-0.4, -0.2) is 24.3 Å². The molecule has 0 bridgehead atoms. The second-order valence-corrected chi connectivity index (χ2v) is 4.54. The van der Waals surface area contributed by atoms with Crippen LogP contribution in [-0.2, 0) is 11.2 Å². The minimum absolute atomic E-state index is 0.0930. The molecule has 2 atom stereocenters. The van der Waals surface area contributed by atoms with Crippen molar-refractivity contribution in [2.75, 3.05) is 6.79 Å². The van der Waals surface area contributed by atoms with E-state index in [0.717, 1.165) is 30.8 Å². The molecule has 1 N–H and O–H groups in total. The lowest BCUT2D eigenvalue weighted by molar-refractivity contribution is -0.113. The number of benzene rings is 1. The van der Waals surface area contributed by atoms with Crippen molar-refractivity contribution in [2.45, 2.75) is 31.7 Å². The van der Waals surface area contributed by atoms with E-state index in [4.69, 9.17) is 14.2 Å². The van der Waals surface area contributed by atoms with Gasteiger partial charge in [-0.15, -0.1) is 0 Å². The summed E-state index contributed by atoms with van der Waals surface area (Å²) in [7, 11) is 0. The van der Waals surface area contributed by atoms with Gasteiger partial charge in [-0.2, -0.15) is 0 Å². The van der Waals surface area contributed by atoms with Gasteiger partial charge in [0.2, 0.25) is 6.79 Å². The first kappa shape index (κ1) is 11.6. The topological polar surface area (TPSA) is 47.9 Å². The van der Waals surface area contributed by atoms with Gasteiger partial charge in [0.25, 0.3) is 0 Å². The highest BCUT2D eigenvalue weighted by Crippen LogP contribution is 2.33. The number of aryl methyl sites for hydroxylation is 1. The SMILES string of the molecule is OC1C=CCC(CCc2ccc3c(c2)OCO3)O1. The number of hydrogen-bond acceptors (Lipinski definition) is 4. The quantitative estimate of drug-likeness (QED) is 0.831. The van der Waals surface area contributed by atoms with E-state index < -0.39 is 6.29 Å². The Labute approximate surface area is 106 Å². The van der Waals surface area contributed by atoms with Gasteiger partial charge in [-0.1, -0.05) is 12.1 Å². The molecule has 1 aromatic rings. The van der Waals surface area contributed by atoms with Crippen LogP contribution in [0.5, 0.6) is 11.5 Å². The number of aliphatic hydroxyl groups is 1. The van der Waals surface area contributed by atoms with E-state index in [1.54, 1.807) is 6.08 Å². The van der Waals surface area contributed by atoms with Crippen molar-refractivity contribution in [3.63, 3.8) is 0 Å². The van der Waals surface area contributed by atoms with Crippen molar-refractivity contribution in [1.29, 1.82) is 0 Å². The number of ether oxygens (including phenoxy) is 3. The fourth-order valence-electron chi connectivity index (χ4n) is 2.25. The Kier molecular flexibility index (Phi) is 3.21. The van der Waals surface area contributed by atoms with Crippen molar-refractivity contribution >= 4 is 0 Å². The molecule has 3 rings (SSSR count). The Balaban J connectivity index is 1.58. The summed E-state index contributed by atoms with van der Waals surface area (Å²) in [6, 6.07) is 5.99. The molecule has 2 aliphatic heterocycles. The van der Waals surface area contributed by atoms with Gasteiger partial charge in [0, 0.05) is 0 Å². The van der Waals surface area contributed by atoms with Crippen molar-refractivity contribution < 1.29 is 19.3 Å². The van der Waals surface area contributed by atoms with Crippen LogP contribution in [0.1, 0.15) is 18.4 Å². The second-order valence-electron chi connectivity index (χ2n) is 4.54. The molecule has 4 nitrogen and oxygen atoms in total. The third kappa shape index (κ3) is 2.49. The molecule has 2 aliphatic rings. The highest BCUT2D eigenvalue weighted by Gasteiger charge is 2.17. The Hall–Kier alpha value is -1.52. The molecule has 0 radical (unpaired) electrons. The molecule has 0 fully saturated rings. The molecule has 0 aromatic heterocycles. The molecular weight excluding hydrogens is 232 g/mol. The maximum atomic E-state index is 9.36. The van der Waals surface area contributed by atoms with E-state index in [9.17, 15) is 5.11 Å². The zero-order valence-electron chi connectivity index (χ0n) is 10.0. The number of rotatable bonds is 3. The Morgan fingerprint density at radius 2 is 2.11 bits per heavy atom. The highest BCUT2D eigenvalue weighted by molar-refractivity contribution is 5.44. The van der Waals surface area contributed by atoms with E-state index in [-0.39, 0.29) is 6.10 Å². The lowest BCUT2D eigenvalue weighted by atomic mass is 10.0. The second kappa shape index (κ2) is 5.00. The van der Waals surface area contributed by atoms with Crippen LogP contribution in [0.15, 0.2) is 30.4 Å². The highest BCUT2D eigenvalue weighted by atomic mass is 16.7. The monoisotopic (exact) mass is 248 g/mol. The summed E-state index contributed by atoms with van der Waals surface area (Å²) in [6.07, 6.45) is 5.65. The van der Waals surface area contributed by atoms with Crippen LogP contribution in [0, 0.1) is 0 Å². The summed E-state index contributed by atoms with van der Waals surface area (Å²) < 4.78 is 16.0. The molecule has 0 saturated heterocycles. The minimum Gasteiger partial charge on any atom is -0.454 e. The predicted octanol–water partition coefficient (Wildman–Crippen LogP) is 2.01. The first-order chi connectivity index (χ1) is 8.81. The standard InChI is InChI=1S/C14H16O4/c15-14-3-1-2-11(18-14)6-4-10-5-7-12-13(8-10)17-9-16-12/h1,3,5,7-8,11,14-15H,2,4,6,9H2. The van der Waals surface area contributed by atoms with Gasteiger partial charge < -0.3 is 19.3 Å². The summed E-state index contributed by atoms with van der Waals surface area (Å²) in [6.45, 7) is 0.307. The van der Waals surface area contributed by atoms with E-state index in [2.05, 4.69) is 0 Å². The summed E-state index contributed by atoms with van der Waals surface area (Å²) >= 11 is 0. The molecule has 18 heavy (non-hydrogen) atoms. The van der Waals surface area contributed by atoms with E-state index in [1.807, 2.05) is 24.3 Å². The van der Waals surface area contributed by atoms with Crippen LogP contribution < -0.4 is 9.47 Å². The van der Waals surface area contributed by atoms with E-state index >= 15 is 0 Å². The van der Waals surface area contributed by atoms with Crippen molar-refractivity contribution in [3.05, 3.63) is 35.9 Å². The van der Waals surface area contributed by atoms with Gasteiger partial charge in [-0.25, -0.2) is 0 Å². The molecule has 0 saturated carbocycles. The van der Waals surface area contributed by atoms with E-state index in [1.165, 1.54) is 5.56 Å². The minimum atomic E-state index is -0.750. The maximum absolute atomic E-state index is 9.36. The van der Waals surface area contributed by atoms with Gasteiger partial charge in [0.1, 0.15) is 0 Å². The predicted molar refractivity (Wildman–Crippen MR) is 65.5 cm³/mol. The molecular formula is C14H16O4. The lowest BCUT2D eigenvalue weighted by Gasteiger charge is -2.22. The molecule has 96 valence electrons. The molecule has 1 aromatic carbocycles. The van der Waals surface area contributed by atoms with Crippen LogP contribution in [0.2, 0.25) is 0 Å². The summed E-state index contributed by atoms with van der Waals surface area (Å²) in [5.74, 6) is 1.63. The van der Waals surface area contributed by atoms with Crippen LogP contribution in [0.4, 0.5) is 0 Å². The molecule has 2 unspecified atom stereocenters. The molecule has 2 heterocycles. The Morgan fingerprint density at radius 1 is 1.22 bits per heavy atom. The van der Waals surface area contributed by atoms with Crippen molar-refractivity contribution in [3.8, 4) is 11.5 Å². The summed E-state index contributed by atoms with van der Waals surface area (Å²) in [4.78, 5) is 0. The lowest BCUT2D eigenvalue weighted by Crippen LogP contribution is -2.24. The van der Waals surface area contributed by atoms with Gasteiger partial charge in [0.15, 0.2) is 17.8 Å². The fourth-order valence-corrected chi connectivity index (χ4v) is 2.25. The zero-order valence-corrected chi connectivity index (χ0v) is 10.0. The third-order valence-corrected chi connectivity index (χ3v) is 3.22.